The Hall–Kier alpha value is -1.10. The summed E-state index contributed by atoms with van der Waals surface area (Å²) in [4.78, 5) is 11.8. The molecule has 3 N–H and O–H groups in total. The molecule has 0 bridgehead atoms. The Morgan fingerprint density at radius 1 is 0.809 bits per heavy atom. The average molecular weight is 677 g/mol. The van der Waals surface area contributed by atoms with Crippen molar-refractivity contribution < 1.29 is 20.1 Å². The van der Waals surface area contributed by atoms with Crippen molar-refractivity contribution in [3.05, 3.63) is 36.5 Å². The van der Waals surface area contributed by atoms with Crippen molar-refractivity contribution in [2.75, 3.05) is 0 Å². The minimum Gasteiger partial charge on any atom is -0.481 e. The highest BCUT2D eigenvalue weighted by Gasteiger charge is 2.42. The summed E-state index contributed by atoms with van der Waals surface area (Å²) in [5.41, 5.74) is 0.0876. The number of carboxylic acid groups (broad SMARTS) is 1. The highest BCUT2D eigenvalue weighted by Crippen LogP contribution is 2.48. The topological polar surface area (TPSA) is 77.8 Å². The van der Waals surface area contributed by atoms with E-state index in [4.69, 9.17) is 11.6 Å². The molecule has 4 nitrogen and oxygen atoms in total. The molecule has 0 aromatic carbocycles. The summed E-state index contributed by atoms with van der Waals surface area (Å²) in [7, 11) is 0. The number of halogens is 1. The lowest BCUT2D eigenvalue weighted by molar-refractivity contribution is -0.140. The maximum atomic E-state index is 11.8. The predicted octanol–water partition coefficient (Wildman–Crippen LogP) is 12.1. The Kier molecular flexibility index (Phi) is 23.1. The summed E-state index contributed by atoms with van der Waals surface area (Å²) in [5, 5.41) is 31.0. The Labute approximate surface area is 294 Å². The molecule has 2 aliphatic carbocycles. The van der Waals surface area contributed by atoms with Crippen LogP contribution in [0.2, 0.25) is 0 Å². The number of allylic oxidation sites excluding steroid dienone is 3. The van der Waals surface area contributed by atoms with Gasteiger partial charge in [0, 0.05) is 11.3 Å². The molecule has 0 radical (unpaired) electrons. The maximum Gasteiger partial charge on any atom is 0.310 e. The normalized spacial score (nSPS) is 24.0. The quantitative estimate of drug-likeness (QED) is 0.0418. The van der Waals surface area contributed by atoms with Gasteiger partial charge in [-0.3, -0.25) is 4.79 Å². The lowest BCUT2D eigenvalue weighted by Crippen LogP contribution is -2.40. The van der Waals surface area contributed by atoms with Gasteiger partial charge in [0.1, 0.15) is 0 Å². The zero-order chi connectivity index (χ0) is 34.2. The van der Waals surface area contributed by atoms with Crippen molar-refractivity contribution in [3.8, 4) is 0 Å². The number of carboxylic acids is 1. The third kappa shape index (κ3) is 16.9. The van der Waals surface area contributed by atoms with Crippen LogP contribution in [0.15, 0.2) is 36.5 Å². The van der Waals surface area contributed by atoms with Crippen LogP contribution in [0.5, 0.6) is 0 Å². The van der Waals surface area contributed by atoms with E-state index in [9.17, 15) is 20.1 Å². The van der Waals surface area contributed by atoms with Gasteiger partial charge in [-0.1, -0.05) is 153 Å². The molecule has 0 aliphatic heterocycles. The van der Waals surface area contributed by atoms with Crippen LogP contribution in [0.1, 0.15) is 181 Å². The first-order valence-corrected chi connectivity index (χ1v) is 20.5. The number of hydrogen-bond acceptors (Lipinski definition) is 3. The minimum atomic E-state index is -0.750. The molecule has 0 aromatic heterocycles. The highest BCUT2D eigenvalue weighted by molar-refractivity contribution is 6.21. The summed E-state index contributed by atoms with van der Waals surface area (Å²) in [5.74, 6) is -1.05. The summed E-state index contributed by atoms with van der Waals surface area (Å²) in [6, 6.07) is 0. The van der Waals surface area contributed by atoms with Crippen LogP contribution in [-0.2, 0) is 4.79 Å². The largest absolute Gasteiger partial charge is 0.481 e. The van der Waals surface area contributed by atoms with E-state index in [0.717, 1.165) is 38.5 Å². The van der Waals surface area contributed by atoms with Crippen molar-refractivity contribution in [2.45, 2.75) is 198 Å². The van der Waals surface area contributed by atoms with Gasteiger partial charge in [-0.05, 0) is 75.5 Å². The molecule has 2 saturated carbocycles. The van der Waals surface area contributed by atoms with E-state index in [1.165, 1.54) is 103 Å². The fourth-order valence-electron chi connectivity index (χ4n) is 7.85. The summed E-state index contributed by atoms with van der Waals surface area (Å²) in [6.45, 7) is 4.45. The number of aliphatic hydroxyl groups excluding tert-OH is 2. The number of hydrogen-bond donors (Lipinski definition) is 3. The molecule has 0 amide bonds. The Balaban J connectivity index is 1.53. The molecule has 5 heteroatoms. The van der Waals surface area contributed by atoms with Crippen molar-refractivity contribution >= 4 is 17.6 Å². The number of alkyl halides is 1. The van der Waals surface area contributed by atoms with Gasteiger partial charge in [-0.25, -0.2) is 0 Å². The van der Waals surface area contributed by atoms with Crippen molar-refractivity contribution in [1.82, 2.24) is 0 Å². The first-order valence-electron chi connectivity index (χ1n) is 20.1. The monoisotopic (exact) mass is 677 g/mol. The van der Waals surface area contributed by atoms with Crippen LogP contribution in [0.3, 0.4) is 0 Å². The third-order valence-electron chi connectivity index (χ3n) is 11.5. The molecule has 2 rings (SSSR count). The van der Waals surface area contributed by atoms with Crippen molar-refractivity contribution in [2.24, 2.45) is 23.2 Å². The SMILES string of the molecule is CCCCCCCCCCCCCCCCCCC=CC(CCC=CC[C@@H]1[C@@H](C=CC[C@H](O)C2(CC)CCC2)[C@H](O)C[C@H]1Cl)C(=O)O. The number of carbonyl (C=O) groups is 1. The van der Waals surface area contributed by atoms with Gasteiger partial charge < -0.3 is 15.3 Å². The molecule has 1 unspecified atom stereocenters. The van der Waals surface area contributed by atoms with Gasteiger partial charge in [-0.15, -0.1) is 11.6 Å². The second-order valence-corrected chi connectivity index (χ2v) is 15.6. The van der Waals surface area contributed by atoms with Gasteiger partial charge in [0.05, 0.1) is 18.1 Å². The molecule has 2 aliphatic rings. The maximum absolute atomic E-state index is 11.8. The van der Waals surface area contributed by atoms with E-state index >= 15 is 0 Å². The number of aliphatic carboxylic acids is 1. The number of unbranched alkanes of at least 4 members (excludes halogenated alkanes) is 16. The first-order chi connectivity index (χ1) is 22.8. The van der Waals surface area contributed by atoms with E-state index in [0.29, 0.717) is 25.7 Å². The molecule has 0 saturated heterocycles. The van der Waals surface area contributed by atoms with Crippen LogP contribution >= 0.6 is 11.6 Å². The summed E-state index contributed by atoms with van der Waals surface area (Å²) < 4.78 is 0. The molecule has 6 atom stereocenters. The summed E-state index contributed by atoms with van der Waals surface area (Å²) >= 11 is 6.64. The van der Waals surface area contributed by atoms with E-state index in [2.05, 4.69) is 44.2 Å². The van der Waals surface area contributed by atoms with E-state index < -0.39 is 18.0 Å². The fourth-order valence-corrected chi connectivity index (χ4v) is 8.31. The Morgan fingerprint density at radius 2 is 1.38 bits per heavy atom. The van der Waals surface area contributed by atoms with Crippen molar-refractivity contribution in [3.63, 3.8) is 0 Å². The molecule has 2 fully saturated rings. The van der Waals surface area contributed by atoms with Crippen LogP contribution in [0, 0.1) is 23.2 Å². The molecule has 0 spiro atoms. The first kappa shape index (κ1) is 42.1. The van der Waals surface area contributed by atoms with Gasteiger partial charge in [-0.2, -0.15) is 0 Å². The minimum absolute atomic E-state index is 0.00689. The lowest BCUT2D eigenvalue weighted by atomic mass is 9.63. The van der Waals surface area contributed by atoms with Crippen LogP contribution in [0.25, 0.3) is 0 Å². The second-order valence-electron chi connectivity index (χ2n) is 15.1. The second kappa shape index (κ2) is 25.8. The zero-order valence-electron chi connectivity index (χ0n) is 30.4. The van der Waals surface area contributed by atoms with Crippen molar-refractivity contribution in [1.29, 1.82) is 0 Å². The fraction of sp³-hybridized carbons (Fsp3) is 0.833. The number of rotatable bonds is 29. The molecule has 0 aromatic rings. The zero-order valence-corrected chi connectivity index (χ0v) is 31.2. The van der Waals surface area contributed by atoms with Gasteiger partial charge in [0.25, 0.3) is 0 Å². The molecular weight excluding hydrogens is 604 g/mol. The van der Waals surface area contributed by atoms with Crippen LogP contribution in [0.4, 0.5) is 0 Å². The van der Waals surface area contributed by atoms with E-state index in [1.807, 2.05) is 6.08 Å². The number of aliphatic hydroxyl groups is 2. The van der Waals surface area contributed by atoms with E-state index in [-0.39, 0.29) is 28.7 Å². The highest BCUT2D eigenvalue weighted by atomic mass is 35.5. The third-order valence-corrected chi connectivity index (χ3v) is 12.0. The molecule has 272 valence electrons. The van der Waals surface area contributed by atoms with Crippen LogP contribution in [-0.4, -0.2) is 38.9 Å². The van der Waals surface area contributed by atoms with Gasteiger partial charge >= 0.3 is 5.97 Å². The smallest absolute Gasteiger partial charge is 0.310 e. The van der Waals surface area contributed by atoms with E-state index in [1.54, 1.807) is 0 Å². The van der Waals surface area contributed by atoms with Gasteiger partial charge in [0.15, 0.2) is 0 Å². The summed E-state index contributed by atoms with van der Waals surface area (Å²) in [6.07, 6.45) is 42.1. The Morgan fingerprint density at radius 3 is 1.89 bits per heavy atom. The Bertz CT molecular complexity index is 872. The van der Waals surface area contributed by atoms with Crippen LogP contribution < -0.4 is 0 Å². The molecular formula is C42H73ClO4. The predicted molar refractivity (Wildman–Crippen MR) is 201 cm³/mol. The average Bonchev–Trinajstić information content (AvgIpc) is 3.29. The standard InChI is InChI=1S/C42H73ClO4/c1-3-5-6-7-8-9-10-11-12-13-14-15-16-17-18-19-20-22-27-35(41(46)47)28-23-21-24-29-36-37(39(44)34-38(36)43)30-25-31-40(45)42(4-2)32-26-33-42/h21-22,24-25,27,30,35-40,44-45H,3-20,23,26,28-29,31-34H2,1-2H3,(H,46,47)/t35?,36-,37-,38-,39-,40+/m1/s1. The van der Waals surface area contributed by atoms with Gasteiger partial charge in [0.2, 0.25) is 0 Å². The molecule has 47 heavy (non-hydrogen) atoms. The molecule has 0 heterocycles. The lowest BCUT2D eigenvalue weighted by Gasteiger charge is -2.45.